The van der Waals surface area contributed by atoms with Crippen LogP contribution in [-0.4, -0.2) is 32.1 Å². The number of amides is 2. The summed E-state index contributed by atoms with van der Waals surface area (Å²) < 4.78 is 10.2. The fraction of sp³-hybridized carbons (Fsp3) is 0.222. The number of hydrogen-bond acceptors (Lipinski definition) is 4. The number of nitrogens with one attached hydrogen (secondary N) is 2. The van der Waals surface area contributed by atoms with E-state index in [2.05, 4.69) is 10.6 Å². The molecule has 0 radical (unpaired) electrons. The van der Waals surface area contributed by atoms with E-state index in [-0.39, 0.29) is 25.0 Å². The van der Waals surface area contributed by atoms with Crippen LogP contribution in [0.3, 0.4) is 0 Å². The molecule has 0 saturated heterocycles. The Kier molecular flexibility index (Phi) is 7.25. The molecule has 0 aliphatic carbocycles. The predicted octanol–water partition coefficient (Wildman–Crippen LogP) is 2.62. The summed E-state index contributed by atoms with van der Waals surface area (Å²) >= 11 is 5.77. The van der Waals surface area contributed by atoms with E-state index in [0.717, 1.165) is 11.3 Å². The Hall–Kier alpha value is -2.57. The van der Waals surface area contributed by atoms with E-state index in [0.29, 0.717) is 17.3 Å². The van der Waals surface area contributed by atoms with Crippen molar-refractivity contribution in [1.29, 1.82) is 0 Å². The van der Waals surface area contributed by atoms with Gasteiger partial charge in [0.2, 0.25) is 11.8 Å². The van der Waals surface area contributed by atoms with Gasteiger partial charge < -0.3 is 20.1 Å². The van der Waals surface area contributed by atoms with E-state index in [9.17, 15) is 9.59 Å². The molecule has 0 unspecified atom stereocenters. The van der Waals surface area contributed by atoms with Crippen molar-refractivity contribution >= 4 is 29.1 Å². The molecule has 2 amide bonds. The number of hydrogen-bond donors (Lipinski definition) is 2. The van der Waals surface area contributed by atoms with Gasteiger partial charge in [0, 0.05) is 17.3 Å². The first kappa shape index (κ1) is 18.8. The van der Waals surface area contributed by atoms with Crippen LogP contribution in [0, 0.1) is 0 Å². The van der Waals surface area contributed by atoms with E-state index >= 15 is 0 Å². The van der Waals surface area contributed by atoms with Crippen molar-refractivity contribution < 1.29 is 19.1 Å². The highest BCUT2D eigenvalue weighted by Crippen LogP contribution is 2.13. The van der Waals surface area contributed by atoms with Gasteiger partial charge in [-0.2, -0.15) is 0 Å². The molecular formula is C18H19ClN2O4. The first-order valence-electron chi connectivity index (χ1n) is 7.59. The van der Waals surface area contributed by atoms with Gasteiger partial charge in [0.15, 0.2) is 0 Å². The third-order valence-corrected chi connectivity index (χ3v) is 3.47. The molecule has 2 aromatic carbocycles. The van der Waals surface area contributed by atoms with E-state index in [1.165, 1.54) is 0 Å². The zero-order valence-corrected chi connectivity index (χ0v) is 14.5. The third-order valence-electron chi connectivity index (χ3n) is 3.22. The highest BCUT2D eigenvalue weighted by molar-refractivity contribution is 6.30. The number of benzene rings is 2. The summed E-state index contributed by atoms with van der Waals surface area (Å²) in [6.45, 7) is -0.0520. The Morgan fingerprint density at radius 3 is 2.48 bits per heavy atom. The topological polar surface area (TPSA) is 76.7 Å². The molecule has 2 rings (SSSR count). The lowest BCUT2D eigenvalue weighted by Gasteiger charge is -2.08. The molecule has 0 spiro atoms. The monoisotopic (exact) mass is 362 g/mol. The van der Waals surface area contributed by atoms with Crippen molar-refractivity contribution in [2.45, 2.75) is 6.54 Å². The number of carbonyl (C=O) groups excluding carboxylic acids is 2. The second kappa shape index (κ2) is 9.66. The normalized spacial score (nSPS) is 10.2. The molecule has 6 nitrogen and oxygen atoms in total. The molecule has 0 atom stereocenters. The number of halogens is 1. The minimum atomic E-state index is -0.345. The van der Waals surface area contributed by atoms with Crippen LogP contribution in [0.2, 0.25) is 5.02 Å². The summed E-state index contributed by atoms with van der Waals surface area (Å²) in [5.41, 5.74) is 1.52. The van der Waals surface area contributed by atoms with Crippen LogP contribution in [0.5, 0.6) is 5.75 Å². The quantitative estimate of drug-likeness (QED) is 0.756. The van der Waals surface area contributed by atoms with Gasteiger partial charge in [0.05, 0.1) is 7.11 Å². The Morgan fingerprint density at radius 1 is 1.04 bits per heavy atom. The van der Waals surface area contributed by atoms with Gasteiger partial charge in [0.1, 0.15) is 19.0 Å². The smallest absolute Gasteiger partial charge is 0.250 e. The summed E-state index contributed by atoms with van der Waals surface area (Å²) in [6.07, 6.45) is 0. The fourth-order valence-corrected chi connectivity index (χ4v) is 2.13. The number of carbonyl (C=O) groups is 2. The van der Waals surface area contributed by atoms with Gasteiger partial charge in [-0.3, -0.25) is 9.59 Å². The lowest BCUT2D eigenvalue weighted by Crippen LogP contribution is -2.29. The first-order chi connectivity index (χ1) is 12.1. The van der Waals surface area contributed by atoms with Crippen LogP contribution >= 0.6 is 11.6 Å². The largest absolute Gasteiger partial charge is 0.497 e. The van der Waals surface area contributed by atoms with Gasteiger partial charge in [0.25, 0.3) is 0 Å². The van der Waals surface area contributed by atoms with Crippen LogP contribution in [-0.2, 0) is 20.9 Å². The molecule has 0 aliphatic rings. The molecule has 0 saturated carbocycles. The highest BCUT2D eigenvalue weighted by atomic mass is 35.5. The summed E-state index contributed by atoms with van der Waals surface area (Å²) in [4.78, 5) is 23.4. The highest BCUT2D eigenvalue weighted by Gasteiger charge is 2.06. The molecule has 25 heavy (non-hydrogen) atoms. The van der Waals surface area contributed by atoms with E-state index in [1.807, 2.05) is 24.3 Å². The predicted molar refractivity (Wildman–Crippen MR) is 95.7 cm³/mol. The Morgan fingerprint density at radius 2 is 1.76 bits per heavy atom. The van der Waals surface area contributed by atoms with Gasteiger partial charge in [-0.1, -0.05) is 23.7 Å². The maximum Gasteiger partial charge on any atom is 0.250 e. The fourth-order valence-electron chi connectivity index (χ4n) is 2.00. The Labute approximate surface area is 151 Å². The van der Waals surface area contributed by atoms with Crippen molar-refractivity contribution in [3.8, 4) is 5.75 Å². The molecule has 2 aromatic rings. The molecule has 0 bridgehead atoms. The summed E-state index contributed by atoms with van der Waals surface area (Å²) in [5.74, 6) is 0.0758. The van der Waals surface area contributed by atoms with Crippen molar-refractivity contribution in [3.05, 3.63) is 59.1 Å². The van der Waals surface area contributed by atoms with Crippen LogP contribution in [0.4, 0.5) is 5.69 Å². The molecule has 2 N–H and O–H groups in total. The Balaban J connectivity index is 1.66. The summed E-state index contributed by atoms with van der Waals surface area (Å²) in [5, 5.41) is 5.94. The number of methoxy groups -OCH3 is 1. The van der Waals surface area contributed by atoms with Gasteiger partial charge in [-0.15, -0.1) is 0 Å². The minimum absolute atomic E-state index is 0.196. The standard InChI is InChI=1S/C18H19ClN2O4/c1-24-16-4-2-3-13(9-16)10-20-17(22)11-25-12-18(23)21-15-7-5-14(19)6-8-15/h2-9H,10-12H2,1H3,(H,20,22)(H,21,23). The van der Waals surface area contributed by atoms with Crippen molar-refractivity contribution in [2.24, 2.45) is 0 Å². The zero-order valence-electron chi connectivity index (χ0n) is 13.8. The Bertz CT molecular complexity index is 719. The van der Waals surface area contributed by atoms with Crippen LogP contribution in [0.1, 0.15) is 5.56 Å². The van der Waals surface area contributed by atoms with Crippen LogP contribution in [0.15, 0.2) is 48.5 Å². The molecule has 7 heteroatoms. The maximum absolute atomic E-state index is 11.7. The third kappa shape index (κ3) is 6.82. The molecule has 132 valence electrons. The van der Waals surface area contributed by atoms with E-state index < -0.39 is 0 Å². The van der Waals surface area contributed by atoms with Crippen LogP contribution < -0.4 is 15.4 Å². The molecule has 0 aromatic heterocycles. The van der Waals surface area contributed by atoms with Crippen molar-refractivity contribution in [1.82, 2.24) is 5.32 Å². The van der Waals surface area contributed by atoms with Gasteiger partial charge in [-0.05, 0) is 42.0 Å². The van der Waals surface area contributed by atoms with Crippen molar-refractivity contribution in [2.75, 3.05) is 25.6 Å². The lowest BCUT2D eigenvalue weighted by atomic mass is 10.2. The average molecular weight is 363 g/mol. The zero-order chi connectivity index (χ0) is 18.1. The molecule has 0 fully saturated rings. The summed E-state index contributed by atoms with van der Waals surface area (Å²) in [6, 6.07) is 14.1. The average Bonchev–Trinajstić information content (AvgIpc) is 2.62. The second-order valence-corrected chi connectivity index (χ2v) is 5.61. The van der Waals surface area contributed by atoms with Gasteiger partial charge in [-0.25, -0.2) is 0 Å². The van der Waals surface area contributed by atoms with Crippen molar-refractivity contribution in [3.63, 3.8) is 0 Å². The SMILES string of the molecule is COc1cccc(CNC(=O)COCC(=O)Nc2ccc(Cl)cc2)c1. The van der Waals surface area contributed by atoms with Gasteiger partial charge >= 0.3 is 0 Å². The number of anilines is 1. The number of ether oxygens (including phenoxy) is 2. The minimum Gasteiger partial charge on any atom is -0.497 e. The molecule has 0 heterocycles. The van der Waals surface area contributed by atoms with E-state index in [4.69, 9.17) is 21.1 Å². The summed E-state index contributed by atoms with van der Waals surface area (Å²) in [7, 11) is 1.58. The first-order valence-corrected chi connectivity index (χ1v) is 7.97. The maximum atomic E-state index is 11.7. The second-order valence-electron chi connectivity index (χ2n) is 5.18. The number of rotatable bonds is 8. The van der Waals surface area contributed by atoms with Crippen LogP contribution in [0.25, 0.3) is 0 Å². The lowest BCUT2D eigenvalue weighted by molar-refractivity contribution is -0.128. The molecule has 0 aliphatic heterocycles. The molecular weight excluding hydrogens is 344 g/mol. The van der Waals surface area contributed by atoms with E-state index in [1.54, 1.807) is 31.4 Å².